The zero-order chi connectivity index (χ0) is 14.5. The van der Waals surface area contributed by atoms with Gasteiger partial charge in [-0.3, -0.25) is 0 Å². The van der Waals surface area contributed by atoms with Crippen molar-refractivity contribution in [1.82, 2.24) is 5.32 Å². The average molecular weight is 291 g/mol. The van der Waals surface area contributed by atoms with Crippen molar-refractivity contribution >= 4 is 0 Å². The molecule has 116 valence electrons. The monoisotopic (exact) mass is 291 g/mol. The van der Waals surface area contributed by atoms with Crippen LogP contribution in [0.25, 0.3) is 0 Å². The van der Waals surface area contributed by atoms with Crippen molar-refractivity contribution in [3.05, 3.63) is 23.8 Å². The molecule has 4 heteroatoms. The molecule has 0 amide bonds. The van der Waals surface area contributed by atoms with Gasteiger partial charge in [0.1, 0.15) is 0 Å². The van der Waals surface area contributed by atoms with Crippen molar-refractivity contribution in [3.8, 4) is 11.5 Å². The first-order valence-corrected chi connectivity index (χ1v) is 8.00. The Hall–Kier alpha value is -1.26. The van der Waals surface area contributed by atoms with E-state index in [1.54, 1.807) is 7.11 Å². The van der Waals surface area contributed by atoms with Gasteiger partial charge in [0.15, 0.2) is 11.5 Å². The Kier molecular flexibility index (Phi) is 4.99. The summed E-state index contributed by atoms with van der Waals surface area (Å²) in [5, 5.41) is 3.52. The molecule has 1 aromatic carbocycles. The Labute approximate surface area is 126 Å². The highest BCUT2D eigenvalue weighted by molar-refractivity contribution is 5.43. The van der Waals surface area contributed by atoms with Gasteiger partial charge in [-0.15, -0.1) is 0 Å². The molecule has 1 saturated carbocycles. The molecule has 0 aromatic heterocycles. The summed E-state index contributed by atoms with van der Waals surface area (Å²) in [4.78, 5) is 0. The Morgan fingerprint density at radius 1 is 1.24 bits per heavy atom. The van der Waals surface area contributed by atoms with E-state index in [0.29, 0.717) is 12.7 Å². The lowest BCUT2D eigenvalue weighted by Crippen LogP contribution is -2.15. The molecular formula is C17H25NO3. The fourth-order valence-electron chi connectivity index (χ4n) is 2.67. The summed E-state index contributed by atoms with van der Waals surface area (Å²) in [6.45, 7) is 2.48. The molecule has 1 aliphatic heterocycles. The van der Waals surface area contributed by atoms with Gasteiger partial charge in [-0.25, -0.2) is 0 Å². The summed E-state index contributed by atoms with van der Waals surface area (Å²) in [6, 6.07) is 6.90. The van der Waals surface area contributed by atoms with E-state index in [1.165, 1.54) is 24.8 Å². The maximum atomic E-state index is 5.92. The van der Waals surface area contributed by atoms with E-state index in [0.717, 1.165) is 43.5 Å². The first-order valence-electron chi connectivity index (χ1n) is 8.00. The lowest BCUT2D eigenvalue weighted by molar-refractivity contribution is 0.0899. The van der Waals surface area contributed by atoms with Crippen molar-refractivity contribution in [3.63, 3.8) is 0 Å². The molecule has 1 N–H and O–H groups in total. The third-order valence-corrected chi connectivity index (χ3v) is 4.12. The van der Waals surface area contributed by atoms with Gasteiger partial charge in [-0.2, -0.15) is 0 Å². The Morgan fingerprint density at radius 2 is 2.14 bits per heavy atom. The van der Waals surface area contributed by atoms with Crippen LogP contribution in [0.4, 0.5) is 0 Å². The zero-order valence-electron chi connectivity index (χ0n) is 12.8. The van der Waals surface area contributed by atoms with E-state index in [9.17, 15) is 0 Å². The van der Waals surface area contributed by atoms with Crippen LogP contribution >= 0.6 is 0 Å². The molecule has 1 saturated heterocycles. The van der Waals surface area contributed by atoms with Crippen molar-refractivity contribution in [2.45, 2.75) is 50.8 Å². The Balaban J connectivity index is 1.53. The van der Waals surface area contributed by atoms with Gasteiger partial charge >= 0.3 is 0 Å². The van der Waals surface area contributed by atoms with E-state index in [-0.39, 0.29) is 0 Å². The van der Waals surface area contributed by atoms with Crippen LogP contribution in [0.3, 0.4) is 0 Å². The van der Waals surface area contributed by atoms with Crippen molar-refractivity contribution in [2.75, 3.05) is 20.3 Å². The van der Waals surface area contributed by atoms with E-state index in [4.69, 9.17) is 14.2 Å². The van der Waals surface area contributed by atoms with Gasteiger partial charge in [-0.05, 0) is 43.4 Å². The SMILES string of the molecule is COc1ccc(CNC2CC2)cc1OCCC1CCCO1. The van der Waals surface area contributed by atoms with Gasteiger partial charge in [-0.1, -0.05) is 6.07 Å². The second kappa shape index (κ2) is 7.14. The lowest BCUT2D eigenvalue weighted by atomic mass is 10.2. The van der Waals surface area contributed by atoms with Crippen molar-refractivity contribution < 1.29 is 14.2 Å². The fraction of sp³-hybridized carbons (Fsp3) is 0.647. The fourth-order valence-corrected chi connectivity index (χ4v) is 2.67. The third kappa shape index (κ3) is 4.35. The van der Waals surface area contributed by atoms with Crippen LogP contribution in [0.2, 0.25) is 0 Å². The van der Waals surface area contributed by atoms with Gasteiger partial charge in [0, 0.05) is 25.6 Å². The van der Waals surface area contributed by atoms with Gasteiger partial charge < -0.3 is 19.5 Å². The average Bonchev–Trinajstić information content (AvgIpc) is 3.20. The second-order valence-corrected chi connectivity index (χ2v) is 5.91. The molecule has 2 aliphatic rings. The molecule has 21 heavy (non-hydrogen) atoms. The first kappa shape index (κ1) is 14.7. The van der Waals surface area contributed by atoms with E-state index < -0.39 is 0 Å². The van der Waals surface area contributed by atoms with Crippen LogP contribution in [0.15, 0.2) is 18.2 Å². The molecule has 4 nitrogen and oxygen atoms in total. The maximum Gasteiger partial charge on any atom is 0.161 e. The number of benzene rings is 1. The number of ether oxygens (including phenoxy) is 3. The number of hydrogen-bond acceptors (Lipinski definition) is 4. The largest absolute Gasteiger partial charge is 0.493 e. The third-order valence-electron chi connectivity index (χ3n) is 4.12. The summed E-state index contributed by atoms with van der Waals surface area (Å²) in [5.41, 5.74) is 1.25. The standard InChI is InChI=1S/C17H25NO3/c1-19-16-7-4-13(12-18-14-5-6-14)11-17(16)21-10-8-15-3-2-9-20-15/h4,7,11,14-15,18H,2-3,5-6,8-10,12H2,1H3. The number of methoxy groups -OCH3 is 1. The topological polar surface area (TPSA) is 39.7 Å². The minimum atomic E-state index is 0.371. The molecular weight excluding hydrogens is 266 g/mol. The molecule has 1 heterocycles. The predicted octanol–water partition coefficient (Wildman–Crippen LogP) is 2.90. The van der Waals surface area contributed by atoms with Crippen LogP contribution in [0.1, 0.15) is 37.7 Å². The molecule has 3 rings (SSSR count). The number of nitrogens with one attached hydrogen (secondary N) is 1. The highest BCUT2D eigenvalue weighted by Gasteiger charge is 2.20. The maximum absolute atomic E-state index is 5.92. The summed E-state index contributed by atoms with van der Waals surface area (Å²) in [5.74, 6) is 1.64. The minimum Gasteiger partial charge on any atom is -0.493 e. The molecule has 2 fully saturated rings. The van der Waals surface area contributed by atoms with Crippen LogP contribution in [-0.4, -0.2) is 32.5 Å². The highest BCUT2D eigenvalue weighted by atomic mass is 16.5. The van der Waals surface area contributed by atoms with Crippen LogP contribution < -0.4 is 14.8 Å². The van der Waals surface area contributed by atoms with Crippen LogP contribution in [0, 0.1) is 0 Å². The Morgan fingerprint density at radius 3 is 2.86 bits per heavy atom. The second-order valence-electron chi connectivity index (χ2n) is 5.91. The predicted molar refractivity (Wildman–Crippen MR) is 81.9 cm³/mol. The molecule has 1 aliphatic carbocycles. The molecule has 0 radical (unpaired) electrons. The summed E-state index contributed by atoms with van der Waals surface area (Å²) in [6.07, 6.45) is 6.27. The van der Waals surface area contributed by atoms with E-state index >= 15 is 0 Å². The molecule has 0 spiro atoms. The van der Waals surface area contributed by atoms with Gasteiger partial charge in [0.2, 0.25) is 0 Å². The van der Waals surface area contributed by atoms with E-state index in [2.05, 4.69) is 17.4 Å². The van der Waals surface area contributed by atoms with E-state index in [1.807, 2.05) is 6.07 Å². The number of hydrogen-bond donors (Lipinski definition) is 1. The van der Waals surface area contributed by atoms with Crippen LogP contribution in [-0.2, 0) is 11.3 Å². The quantitative estimate of drug-likeness (QED) is 0.799. The van der Waals surface area contributed by atoms with Crippen molar-refractivity contribution in [2.24, 2.45) is 0 Å². The van der Waals surface area contributed by atoms with Crippen LogP contribution in [0.5, 0.6) is 11.5 Å². The highest BCUT2D eigenvalue weighted by Crippen LogP contribution is 2.29. The minimum absolute atomic E-state index is 0.371. The normalized spacial score (nSPS) is 21.5. The molecule has 0 bridgehead atoms. The number of rotatable bonds is 8. The lowest BCUT2D eigenvalue weighted by Gasteiger charge is -2.14. The first-order chi connectivity index (χ1) is 10.3. The van der Waals surface area contributed by atoms with Gasteiger partial charge in [0.05, 0.1) is 19.8 Å². The summed E-state index contributed by atoms with van der Waals surface area (Å²) >= 11 is 0. The molecule has 1 aromatic rings. The van der Waals surface area contributed by atoms with Gasteiger partial charge in [0.25, 0.3) is 0 Å². The summed E-state index contributed by atoms with van der Waals surface area (Å²) < 4.78 is 16.9. The molecule has 1 unspecified atom stereocenters. The smallest absolute Gasteiger partial charge is 0.161 e. The summed E-state index contributed by atoms with van der Waals surface area (Å²) in [7, 11) is 1.68. The zero-order valence-corrected chi connectivity index (χ0v) is 12.8. The molecule has 1 atom stereocenters. The van der Waals surface area contributed by atoms with Crippen molar-refractivity contribution in [1.29, 1.82) is 0 Å². The Bertz CT molecular complexity index is 453.